The van der Waals surface area contributed by atoms with Crippen LogP contribution in [0.15, 0.2) is 24.3 Å². The first-order valence-corrected chi connectivity index (χ1v) is 6.69. The van der Waals surface area contributed by atoms with Crippen molar-refractivity contribution in [1.82, 2.24) is 4.90 Å². The summed E-state index contributed by atoms with van der Waals surface area (Å²) in [7, 11) is 1.86. The highest BCUT2D eigenvalue weighted by molar-refractivity contribution is 5.75. The van der Waals surface area contributed by atoms with Crippen molar-refractivity contribution in [2.75, 3.05) is 13.6 Å². The molecule has 1 aromatic carbocycles. The molecule has 1 amide bonds. The van der Waals surface area contributed by atoms with Crippen molar-refractivity contribution >= 4 is 5.91 Å². The molecule has 0 atom stereocenters. The summed E-state index contributed by atoms with van der Waals surface area (Å²) in [5.41, 5.74) is 7.93. The van der Waals surface area contributed by atoms with E-state index in [0.29, 0.717) is 19.5 Å². The fraction of sp³-hybridized carbons (Fsp3) is 0.533. The summed E-state index contributed by atoms with van der Waals surface area (Å²) in [6.07, 6.45) is 3.45. The number of unbranched alkanes of at least 4 members (excludes halogenated alkanes) is 1. The third kappa shape index (κ3) is 4.88. The molecule has 0 aliphatic rings. The van der Waals surface area contributed by atoms with E-state index in [2.05, 4.69) is 31.2 Å². The highest BCUT2D eigenvalue weighted by atomic mass is 16.2. The van der Waals surface area contributed by atoms with Crippen molar-refractivity contribution in [3.05, 3.63) is 35.4 Å². The quantitative estimate of drug-likeness (QED) is 0.753. The molecule has 2 N–H and O–H groups in total. The molecule has 0 spiro atoms. The summed E-state index contributed by atoms with van der Waals surface area (Å²) in [6, 6.07) is 8.45. The molecule has 18 heavy (non-hydrogen) atoms. The molecule has 1 rings (SSSR count). The van der Waals surface area contributed by atoms with E-state index >= 15 is 0 Å². The number of nitrogens with two attached hydrogens (primary N) is 1. The maximum atomic E-state index is 11.8. The topological polar surface area (TPSA) is 46.3 Å². The van der Waals surface area contributed by atoms with E-state index in [0.717, 1.165) is 19.3 Å². The van der Waals surface area contributed by atoms with Crippen molar-refractivity contribution in [3.63, 3.8) is 0 Å². The van der Waals surface area contributed by atoms with Gasteiger partial charge < -0.3 is 10.6 Å². The number of carbonyl (C=O) groups is 1. The Morgan fingerprint density at radius 2 is 1.78 bits per heavy atom. The van der Waals surface area contributed by atoms with Crippen LogP contribution in [-0.2, 0) is 17.8 Å². The van der Waals surface area contributed by atoms with Crippen LogP contribution >= 0.6 is 0 Å². The van der Waals surface area contributed by atoms with Crippen LogP contribution in [0.1, 0.15) is 37.3 Å². The molecule has 0 saturated heterocycles. The lowest BCUT2D eigenvalue weighted by Crippen LogP contribution is -2.26. The number of nitrogens with zero attached hydrogens (tertiary/aromatic N) is 1. The van der Waals surface area contributed by atoms with Gasteiger partial charge in [0.1, 0.15) is 0 Å². The molecule has 0 bridgehead atoms. The van der Waals surface area contributed by atoms with Gasteiger partial charge in [-0.2, -0.15) is 0 Å². The van der Waals surface area contributed by atoms with Gasteiger partial charge in [0, 0.05) is 20.0 Å². The molecule has 0 saturated carbocycles. The third-order valence-electron chi connectivity index (χ3n) is 3.12. The zero-order valence-electron chi connectivity index (χ0n) is 11.5. The van der Waals surface area contributed by atoms with Crippen LogP contribution in [0.2, 0.25) is 0 Å². The van der Waals surface area contributed by atoms with Gasteiger partial charge in [-0.25, -0.2) is 0 Å². The minimum absolute atomic E-state index is 0.197. The Labute approximate surface area is 110 Å². The summed E-state index contributed by atoms with van der Waals surface area (Å²) in [4.78, 5) is 13.6. The molecule has 0 aliphatic heterocycles. The van der Waals surface area contributed by atoms with Crippen LogP contribution in [0.3, 0.4) is 0 Å². The first-order valence-electron chi connectivity index (χ1n) is 6.69. The molecular weight excluding hydrogens is 224 g/mol. The zero-order valence-corrected chi connectivity index (χ0v) is 11.5. The SMILES string of the molecule is CCc1ccc(CN(C)C(=O)CCCCN)cc1. The Balaban J connectivity index is 2.42. The maximum Gasteiger partial charge on any atom is 0.222 e. The Kier molecular flexibility index (Phi) is 6.44. The number of carbonyl (C=O) groups excluding carboxylic acids is 1. The van der Waals surface area contributed by atoms with Crippen LogP contribution in [-0.4, -0.2) is 24.4 Å². The molecule has 0 radical (unpaired) electrons. The Morgan fingerprint density at radius 1 is 1.17 bits per heavy atom. The Bertz CT molecular complexity index is 359. The number of aryl methyl sites for hydroxylation is 1. The van der Waals surface area contributed by atoms with Crippen molar-refractivity contribution in [2.45, 2.75) is 39.2 Å². The molecule has 0 aromatic heterocycles. The molecule has 3 nitrogen and oxygen atoms in total. The Hall–Kier alpha value is -1.35. The van der Waals surface area contributed by atoms with E-state index in [4.69, 9.17) is 5.73 Å². The average Bonchev–Trinajstić information content (AvgIpc) is 2.39. The lowest BCUT2D eigenvalue weighted by Gasteiger charge is -2.17. The molecule has 100 valence electrons. The Morgan fingerprint density at radius 3 is 2.33 bits per heavy atom. The summed E-state index contributed by atoms with van der Waals surface area (Å²) < 4.78 is 0. The fourth-order valence-electron chi connectivity index (χ4n) is 1.85. The van der Waals surface area contributed by atoms with Crippen LogP contribution in [0.4, 0.5) is 0 Å². The average molecular weight is 248 g/mol. The summed E-state index contributed by atoms with van der Waals surface area (Å²) in [5, 5.41) is 0. The second-order valence-electron chi connectivity index (χ2n) is 4.67. The number of hydrogen-bond acceptors (Lipinski definition) is 2. The number of amides is 1. The standard InChI is InChI=1S/C15H24N2O/c1-3-13-7-9-14(10-8-13)12-17(2)15(18)6-4-5-11-16/h7-10H,3-6,11-12,16H2,1-2H3. The van der Waals surface area contributed by atoms with E-state index in [-0.39, 0.29) is 5.91 Å². The lowest BCUT2D eigenvalue weighted by molar-refractivity contribution is -0.130. The summed E-state index contributed by atoms with van der Waals surface area (Å²) in [6.45, 7) is 3.49. The normalized spacial score (nSPS) is 10.4. The fourth-order valence-corrected chi connectivity index (χ4v) is 1.85. The van der Waals surface area contributed by atoms with Gasteiger partial charge in [-0.3, -0.25) is 4.79 Å². The molecule has 0 heterocycles. The molecule has 1 aromatic rings. The van der Waals surface area contributed by atoms with Crippen LogP contribution < -0.4 is 5.73 Å². The van der Waals surface area contributed by atoms with Crippen LogP contribution in [0, 0.1) is 0 Å². The number of benzene rings is 1. The number of hydrogen-bond donors (Lipinski definition) is 1. The van der Waals surface area contributed by atoms with Gasteiger partial charge in [-0.05, 0) is 36.9 Å². The van der Waals surface area contributed by atoms with E-state index in [1.54, 1.807) is 4.90 Å². The van der Waals surface area contributed by atoms with Gasteiger partial charge in [0.15, 0.2) is 0 Å². The second-order valence-corrected chi connectivity index (χ2v) is 4.67. The molecular formula is C15H24N2O. The third-order valence-corrected chi connectivity index (χ3v) is 3.12. The number of rotatable bonds is 7. The smallest absolute Gasteiger partial charge is 0.222 e. The largest absolute Gasteiger partial charge is 0.341 e. The highest BCUT2D eigenvalue weighted by Gasteiger charge is 2.08. The van der Waals surface area contributed by atoms with Gasteiger partial charge in [-0.1, -0.05) is 31.2 Å². The molecule has 0 aliphatic carbocycles. The maximum absolute atomic E-state index is 11.8. The minimum Gasteiger partial charge on any atom is -0.341 e. The molecule has 3 heteroatoms. The zero-order chi connectivity index (χ0) is 13.4. The first-order chi connectivity index (χ1) is 8.67. The van der Waals surface area contributed by atoms with Gasteiger partial charge >= 0.3 is 0 Å². The molecule has 0 unspecified atom stereocenters. The van der Waals surface area contributed by atoms with Crippen molar-refractivity contribution in [3.8, 4) is 0 Å². The molecule has 0 fully saturated rings. The van der Waals surface area contributed by atoms with Crippen molar-refractivity contribution in [1.29, 1.82) is 0 Å². The predicted molar refractivity (Wildman–Crippen MR) is 75.2 cm³/mol. The minimum atomic E-state index is 0.197. The van der Waals surface area contributed by atoms with Gasteiger partial charge in [0.2, 0.25) is 5.91 Å². The van der Waals surface area contributed by atoms with Gasteiger partial charge in [0.05, 0.1) is 0 Å². The van der Waals surface area contributed by atoms with Crippen molar-refractivity contribution in [2.24, 2.45) is 5.73 Å². The van der Waals surface area contributed by atoms with Gasteiger partial charge in [0.25, 0.3) is 0 Å². The van der Waals surface area contributed by atoms with E-state index in [9.17, 15) is 4.79 Å². The van der Waals surface area contributed by atoms with Gasteiger partial charge in [-0.15, -0.1) is 0 Å². The first kappa shape index (κ1) is 14.7. The summed E-state index contributed by atoms with van der Waals surface area (Å²) >= 11 is 0. The van der Waals surface area contributed by atoms with E-state index in [1.807, 2.05) is 7.05 Å². The van der Waals surface area contributed by atoms with Crippen LogP contribution in [0.5, 0.6) is 0 Å². The monoisotopic (exact) mass is 248 g/mol. The van der Waals surface area contributed by atoms with Crippen LogP contribution in [0.25, 0.3) is 0 Å². The van der Waals surface area contributed by atoms with E-state index < -0.39 is 0 Å². The summed E-state index contributed by atoms with van der Waals surface area (Å²) in [5.74, 6) is 0.197. The predicted octanol–water partition coefficient (Wildman–Crippen LogP) is 2.34. The lowest BCUT2D eigenvalue weighted by atomic mass is 10.1. The second kappa shape index (κ2) is 7.88. The van der Waals surface area contributed by atoms with E-state index in [1.165, 1.54) is 11.1 Å². The highest BCUT2D eigenvalue weighted by Crippen LogP contribution is 2.08. The van der Waals surface area contributed by atoms with Crippen molar-refractivity contribution < 1.29 is 4.79 Å².